The number of hydrazine groups is 1. The van der Waals surface area contributed by atoms with Crippen molar-refractivity contribution in [3.63, 3.8) is 0 Å². The lowest BCUT2D eigenvalue weighted by molar-refractivity contribution is -0.123. The number of aryl methyl sites for hydroxylation is 1. The number of hydrogen-bond donors (Lipinski definition) is 2. The van der Waals surface area contributed by atoms with Crippen LogP contribution in [0.15, 0.2) is 46.9 Å². The third kappa shape index (κ3) is 6.94. The Labute approximate surface area is 167 Å². The Morgan fingerprint density at radius 1 is 1.07 bits per heavy atom. The fourth-order valence-corrected chi connectivity index (χ4v) is 2.62. The molecular weight excluding hydrogens is 412 g/mol. The minimum Gasteiger partial charge on any atom is -0.493 e. The second-order valence-electron chi connectivity index (χ2n) is 6.43. The number of rotatable bonds is 7. The molecule has 0 saturated heterocycles. The number of benzene rings is 2. The molecule has 6 nitrogen and oxygen atoms in total. The molecule has 0 aliphatic rings. The highest BCUT2D eigenvalue weighted by Gasteiger charge is 2.10. The van der Waals surface area contributed by atoms with Crippen molar-refractivity contribution >= 4 is 27.7 Å². The van der Waals surface area contributed by atoms with Gasteiger partial charge in [0.15, 0.2) is 6.61 Å². The molecule has 0 aliphatic carbocycles. The third-order valence-electron chi connectivity index (χ3n) is 3.49. The van der Waals surface area contributed by atoms with E-state index in [1.54, 1.807) is 30.3 Å². The highest BCUT2D eigenvalue weighted by Crippen LogP contribution is 2.22. The van der Waals surface area contributed by atoms with Crippen LogP contribution in [0.3, 0.4) is 0 Å². The molecule has 7 heteroatoms. The SMILES string of the molecule is Cc1cc(Br)ccc1OCC(=O)NNC(=O)c1cccc(OCC(C)C)c1. The van der Waals surface area contributed by atoms with Crippen molar-refractivity contribution in [3.05, 3.63) is 58.1 Å². The first-order valence-corrected chi connectivity index (χ1v) is 9.35. The maximum Gasteiger partial charge on any atom is 0.276 e. The minimum atomic E-state index is -0.460. The molecule has 0 bridgehead atoms. The Morgan fingerprint density at radius 2 is 1.85 bits per heavy atom. The number of carbonyl (C=O) groups excluding carboxylic acids is 2. The monoisotopic (exact) mass is 434 g/mol. The lowest BCUT2D eigenvalue weighted by Gasteiger charge is -2.12. The van der Waals surface area contributed by atoms with E-state index in [0.717, 1.165) is 10.0 Å². The normalized spacial score (nSPS) is 10.4. The molecule has 0 unspecified atom stereocenters. The van der Waals surface area contributed by atoms with E-state index in [0.29, 0.717) is 29.6 Å². The van der Waals surface area contributed by atoms with Crippen LogP contribution < -0.4 is 20.3 Å². The fraction of sp³-hybridized carbons (Fsp3) is 0.300. The lowest BCUT2D eigenvalue weighted by atomic mass is 10.2. The van der Waals surface area contributed by atoms with Crippen LogP contribution in [0, 0.1) is 12.8 Å². The summed E-state index contributed by atoms with van der Waals surface area (Å²) in [5.41, 5.74) is 6.00. The molecule has 0 atom stereocenters. The molecule has 27 heavy (non-hydrogen) atoms. The second-order valence-corrected chi connectivity index (χ2v) is 7.35. The van der Waals surface area contributed by atoms with Crippen LogP contribution in [-0.4, -0.2) is 25.0 Å². The van der Waals surface area contributed by atoms with Gasteiger partial charge in [0.05, 0.1) is 6.61 Å². The molecule has 0 heterocycles. The van der Waals surface area contributed by atoms with Gasteiger partial charge in [0.25, 0.3) is 11.8 Å². The summed E-state index contributed by atoms with van der Waals surface area (Å²) in [4.78, 5) is 24.1. The second kappa shape index (κ2) is 9.97. The Hall–Kier alpha value is -2.54. The van der Waals surface area contributed by atoms with Gasteiger partial charge in [-0.3, -0.25) is 20.4 Å². The largest absolute Gasteiger partial charge is 0.493 e. The number of hydrogen-bond acceptors (Lipinski definition) is 4. The van der Waals surface area contributed by atoms with Crippen LogP contribution in [0.1, 0.15) is 29.8 Å². The van der Waals surface area contributed by atoms with Gasteiger partial charge in [0.2, 0.25) is 0 Å². The van der Waals surface area contributed by atoms with Crippen molar-refractivity contribution in [1.29, 1.82) is 0 Å². The molecule has 2 amide bonds. The maximum absolute atomic E-state index is 12.2. The van der Waals surface area contributed by atoms with Gasteiger partial charge in [0, 0.05) is 10.0 Å². The Balaban J connectivity index is 1.82. The van der Waals surface area contributed by atoms with Crippen LogP contribution in [0.4, 0.5) is 0 Å². The summed E-state index contributed by atoms with van der Waals surface area (Å²) in [5, 5.41) is 0. The smallest absolute Gasteiger partial charge is 0.276 e. The van der Waals surface area contributed by atoms with Crippen LogP contribution in [-0.2, 0) is 4.79 Å². The van der Waals surface area contributed by atoms with Crippen LogP contribution >= 0.6 is 15.9 Å². The van der Waals surface area contributed by atoms with E-state index in [9.17, 15) is 9.59 Å². The van der Waals surface area contributed by atoms with Crippen molar-refractivity contribution in [2.24, 2.45) is 5.92 Å². The topological polar surface area (TPSA) is 76.7 Å². The molecule has 144 valence electrons. The van der Waals surface area contributed by atoms with Gasteiger partial charge in [-0.1, -0.05) is 35.8 Å². The summed E-state index contributed by atoms with van der Waals surface area (Å²) >= 11 is 3.37. The predicted octanol–water partition coefficient (Wildman–Crippen LogP) is 3.63. The van der Waals surface area contributed by atoms with Gasteiger partial charge in [0.1, 0.15) is 11.5 Å². The average molecular weight is 435 g/mol. The van der Waals surface area contributed by atoms with E-state index in [1.807, 2.05) is 32.9 Å². The van der Waals surface area contributed by atoms with Gasteiger partial charge in [-0.05, 0) is 54.8 Å². The first-order valence-electron chi connectivity index (χ1n) is 8.56. The van der Waals surface area contributed by atoms with E-state index in [-0.39, 0.29) is 6.61 Å². The van der Waals surface area contributed by atoms with Crippen molar-refractivity contribution in [3.8, 4) is 11.5 Å². The number of nitrogens with one attached hydrogen (secondary N) is 2. The van der Waals surface area contributed by atoms with E-state index in [2.05, 4.69) is 26.8 Å². The summed E-state index contributed by atoms with van der Waals surface area (Å²) in [6.45, 7) is 6.33. The van der Waals surface area contributed by atoms with Crippen LogP contribution in [0.2, 0.25) is 0 Å². The van der Waals surface area contributed by atoms with E-state index < -0.39 is 11.8 Å². The Kier molecular flexibility index (Phi) is 7.67. The fourth-order valence-electron chi connectivity index (χ4n) is 2.14. The Morgan fingerprint density at radius 3 is 2.56 bits per heavy atom. The van der Waals surface area contributed by atoms with Gasteiger partial charge in [-0.25, -0.2) is 0 Å². The molecule has 0 aromatic heterocycles. The van der Waals surface area contributed by atoms with Crippen molar-refractivity contribution in [2.75, 3.05) is 13.2 Å². The van der Waals surface area contributed by atoms with Gasteiger partial charge >= 0.3 is 0 Å². The molecule has 2 N–H and O–H groups in total. The maximum atomic E-state index is 12.2. The molecule has 2 aromatic carbocycles. The number of carbonyl (C=O) groups is 2. The van der Waals surface area contributed by atoms with Gasteiger partial charge in [-0.15, -0.1) is 0 Å². The molecule has 0 radical (unpaired) electrons. The summed E-state index contributed by atoms with van der Waals surface area (Å²) in [6, 6.07) is 12.3. The summed E-state index contributed by atoms with van der Waals surface area (Å²) in [5.74, 6) is 0.707. The molecule has 2 rings (SSSR count). The minimum absolute atomic E-state index is 0.208. The number of amides is 2. The van der Waals surface area contributed by atoms with Crippen LogP contribution in [0.5, 0.6) is 11.5 Å². The number of ether oxygens (including phenoxy) is 2. The van der Waals surface area contributed by atoms with Gasteiger partial charge < -0.3 is 9.47 Å². The lowest BCUT2D eigenvalue weighted by Crippen LogP contribution is -2.43. The zero-order valence-electron chi connectivity index (χ0n) is 15.5. The van der Waals surface area contributed by atoms with E-state index in [1.165, 1.54) is 0 Å². The summed E-state index contributed by atoms with van der Waals surface area (Å²) < 4.78 is 12.0. The molecule has 0 fully saturated rings. The van der Waals surface area contributed by atoms with Crippen molar-refractivity contribution in [1.82, 2.24) is 10.9 Å². The predicted molar refractivity (Wildman–Crippen MR) is 107 cm³/mol. The third-order valence-corrected chi connectivity index (χ3v) is 3.98. The van der Waals surface area contributed by atoms with Gasteiger partial charge in [-0.2, -0.15) is 0 Å². The molecule has 2 aromatic rings. The first-order chi connectivity index (χ1) is 12.8. The zero-order chi connectivity index (χ0) is 19.8. The first kappa shape index (κ1) is 20.8. The highest BCUT2D eigenvalue weighted by molar-refractivity contribution is 9.10. The van der Waals surface area contributed by atoms with Crippen LogP contribution in [0.25, 0.3) is 0 Å². The summed E-state index contributed by atoms with van der Waals surface area (Å²) in [7, 11) is 0. The quantitative estimate of drug-likeness (QED) is 0.652. The standard InChI is InChI=1S/C20H23BrN2O4/c1-13(2)11-26-17-6-4-5-15(10-17)20(25)23-22-19(24)12-27-18-8-7-16(21)9-14(18)3/h4-10,13H,11-12H2,1-3H3,(H,22,24)(H,23,25). The number of halogens is 1. The highest BCUT2D eigenvalue weighted by atomic mass is 79.9. The molecule has 0 saturated carbocycles. The molecule has 0 spiro atoms. The van der Waals surface area contributed by atoms with E-state index in [4.69, 9.17) is 9.47 Å². The zero-order valence-corrected chi connectivity index (χ0v) is 17.1. The molecule has 0 aliphatic heterocycles. The van der Waals surface area contributed by atoms with Crippen molar-refractivity contribution in [2.45, 2.75) is 20.8 Å². The Bertz CT molecular complexity index is 808. The van der Waals surface area contributed by atoms with E-state index >= 15 is 0 Å². The van der Waals surface area contributed by atoms with Crippen molar-refractivity contribution < 1.29 is 19.1 Å². The summed E-state index contributed by atoms with van der Waals surface area (Å²) in [6.07, 6.45) is 0. The molecular formula is C20H23BrN2O4. The average Bonchev–Trinajstić information content (AvgIpc) is 2.64.